The number of carbonyl (C=O) groups excluding carboxylic acids is 1. The lowest BCUT2D eigenvalue weighted by Crippen LogP contribution is -2.17. The van der Waals surface area contributed by atoms with Crippen molar-refractivity contribution >= 4 is 27.3 Å². The summed E-state index contributed by atoms with van der Waals surface area (Å²) in [6.45, 7) is 0. The first-order valence-corrected chi connectivity index (χ1v) is 7.78. The number of benzene rings is 2. The smallest absolute Gasteiger partial charge is 0.257 e. The van der Waals surface area contributed by atoms with Gasteiger partial charge in [-0.25, -0.2) is 8.42 Å². The summed E-state index contributed by atoms with van der Waals surface area (Å²) in [5, 5.41) is 2.71. The minimum atomic E-state index is -3.44. The van der Waals surface area contributed by atoms with E-state index in [0.29, 0.717) is 5.69 Å². The maximum atomic E-state index is 12.2. The summed E-state index contributed by atoms with van der Waals surface area (Å²) >= 11 is 0. The number of hydrogen-bond acceptors (Lipinski definition) is 3. The van der Waals surface area contributed by atoms with Crippen molar-refractivity contribution in [1.82, 2.24) is 0 Å². The van der Waals surface area contributed by atoms with Crippen LogP contribution in [0.1, 0.15) is 10.4 Å². The summed E-state index contributed by atoms with van der Waals surface area (Å²) in [7, 11) is -3.44. The number of nitrogens with one attached hydrogen (secondary N) is 2. The van der Waals surface area contributed by atoms with Gasteiger partial charge in [-0.3, -0.25) is 9.52 Å². The highest BCUT2D eigenvalue weighted by Crippen LogP contribution is 2.18. The fourth-order valence-electron chi connectivity index (χ4n) is 1.69. The van der Waals surface area contributed by atoms with Crippen molar-refractivity contribution in [3.05, 3.63) is 60.2 Å². The van der Waals surface area contributed by atoms with Gasteiger partial charge >= 0.3 is 0 Å². The molecule has 20 heavy (non-hydrogen) atoms. The van der Waals surface area contributed by atoms with Crippen molar-refractivity contribution in [1.29, 1.82) is 0 Å². The third-order valence-electron chi connectivity index (χ3n) is 2.50. The molecule has 0 saturated heterocycles. The van der Waals surface area contributed by atoms with Crippen molar-refractivity contribution in [2.24, 2.45) is 0 Å². The molecule has 0 aromatic heterocycles. The number of rotatable bonds is 4. The molecule has 2 aromatic carbocycles. The Morgan fingerprint density at radius 2 is 1.55 bits per heavy atom. The molecule has 0 heterocycles. The minimum absolute atomic E-state index is 0.253. The molecule has 0 unspecified atom stereocenters. The van der Waals surface area contributed by atoms with Gasteiger partial charge in [0.2, 0.25) is 10.0 Å². The van der Waals surface area contributed by atoms with Gasteiger partial charge in [-0.2, -0.15) is 0 Å². The zero-order valence-electron chi connectivity index (χ0n) is 10.8. The van der Waals surface area contributed by atoms with Gasteiger partial charge < -0.3 is 5.32 Å². The van der Waals surface area contributed by atoms with E-state index in [1.165, 1.54) is 0 Å². The van der Waals surface area contributed by atoms with Gasteiger partial charge in [0.25, 0.3) is 5.91 Å². The van der Waals surface area contributed by atoms with Gasteiger partial charge in [0.15, 0.2) is 0 Å². The SMILES string of the molecule is CS(=O)(=O)Nc1ccccc1C(=O)Nc1ccccc1. The van der Waals surface area contributed by atoms with Crippen LogP contribution in [0.5, 0.6) is 0 Å². The lowest BCUT2D eigenvalue weighted by Gasteiger charge is -2.10. The van der Waals surface area contributed by atoms with Crippen molar-refractivity contribution in [2.75, 3.05) is 16.3 Å². The predicted octanol–water partition coefficient (Wildman–Crippen LogP) is 2.31. The lowest BCUT2D eigenvalue weighted by atomic mass is 10.1. The van der Waals surface area contributed by atoms with E-state index >= 15 is 0 Å². The zero-order valence-corrected chi connectivity index (χ0v) is 11.6. The summed E-state index contributed by atoms with van der Waals surface area (Å²) in [6.07, 6.45) is 1.04. The molecule has 0 aliphatic heterocycles. The maximum absolute atomic E-state index is 12.2. The molecule has 2 N–H and O–H groups in total. The topological polar surface area (TPSA) is 75.3 Å². The van der Waals surface area contributed by atoms with Crippen LogP contribution in [0.25, 0.3) is 0 Å². The van der Waals surface area contributed by atoms with E-state index in [2.05, 4.69) is 10.0 Å². The quantitative estimate of drug-likeness (QED) is 0.907. The normalized spacial score (nSPS) is 10.8. The van der Waals surface area contributed by atoms with Gasteiger partial charge in [-0.15, -0.1) is 0 Å². The number of carbonyl (C=O) groups is 1. The zero-order chi connectivity index (χ0) is 14.6. The number of para-hydroxylation sites is 2. The highest BCUT2D eigenvalue weighted by molar-refractivity contribution is 7.92. The van der Waals surface area contributed by atoms with Crippen LogP contribution in [0.3, 0.4) is 0 Å². The third kappa shape index (κ3) is 3.83. The van der Waals surface area contributed by atoms with Crippen LogP contribution < -0.4 is 10.0 Å². The number of hydrogen-bond donors (Lipinski definition) is 2. The first-order chi connectivity index (χ1) is 9.46. The van der Waals surface area contributed by atoms with E-state index < -0.39 is 10.0 Å². The second-order valence-electron chi connectivity index (χ2n) is 4.24. The molecule has 0 bridgehead atoms. The average molecular weight is 290 g/mol. The van der Waals surface area contributed by atoms with Crippen LogP contribution >= 0.6 is 0 Å². The van der Waals surface area contributed by atoms with Crippen LogP contribution in [0.15, 0.2) is 54.6 Å². The molecule has 6 heteroatoms. The van der Waals surface area contributed by atoms with Crippen LogP contribution in [0, 0.1) is 0 Å². The van der Waals surface area contributed by atoms with E-state index in [-0.39, 0.29) is 17.2 Å². The third-order valence-corrected chi connectivity index (χ3v) is 3.09. The van der Waals surface area contributed by atoms with E-state index in [0.717, 1.165) is 6.26 Å². The van der Waals surface area contributed by atoms with Crippen LogP contribution in [0.2, 0.25) is 0 Å². The molecule has 1 amide bonds. The van der Waals surface area contributed by atoms with Crippen LogP contribution in [-0.2, 0) is 10.0 Å². The molecule has 0 aliphatic carbocycles. The van der Waals surface area contributed by atoms with Gasteiger partial charge in [0.1, 0.15) is 0 Å². The Labute approximate surface area is 117 Å². The fraction of sp³-hybridized carbons (Fsp3) is 0.0714. The van der Waals surface area contributed by atoms with Gasteiger partial charge in [0, 0.05) is 5.69 Å². The van der Waals surface area contributed by atoms with Crippen molar-refractivity contribution in [3.8, 4) is 0 Å². The van der Waals surface area contributed by atoms with E-state index in [4.69, 9.17) is 0 Å². The molecule has 0 atom stereocenters. The summed E-state index contributed by atoms with van der Waals surface area (Å²) < 4.78 is 24.9. The second kappa shape index (κ2) is 5.75. The van der Waals surface area contributed by atoms with E-state index in [9.17, 15) is 13.2 Å². The summed E-state index contributed by atoms with van der Waals surface area (Å²) in [5.74, 6) is -0.372. The first-order valence-electron chi connectivity index (χ1n) is 5.89. The Bertz CT molecular complexity index is 712. The molecule has 0 saturated carbocycles. The van der Waals surface area contributed by atoms with E-state index in [1.807, 2.05) is 6.07 Å². The van der Waals surface area contributed by atoms with Gasteiger partial charge in [0.05, 0.1) is 17.5 Å². The molecular formula is C14H14N2O3S. The largest absolute Gasteiger partial charge is 0.322 e. The van der Waals surface area contributed by atoms with Crippen molar-refractivity contribution in [3.63, 3.8) is 0 Å². The molecule has 5 nitrogen and oxygen atoms in total. The Morgan fingerprint density at radius 3 is 2.20 bits per heavy atom. The number of anilines is 2. The molecule has 2 rings (SSSR count). The Balaban J connectivity index is 2.26. The Kier molecular flexibility index (Phi) is 4.05. The molecule has 2 aromatic rings. The highest BCUT2D eigenvalue weighted by atomic mass is 32.2. The maximum Gasteiger partial charge on any atom is 0.257 e. The fourth-order valence-corrected chi connectivity index (χ4v) is 2.27. The molecule has 0 fully saturated rings. The Morgan fingerprint density at radius 1 is 0.950 bits per heavy atom. The highest BCUT2D eigenvalue weighted by Gasteiger charge is 2.13. The second-order valence-corrected chi connectivity index (χ2v) is 5.99. The first kappa shape index (κ1) is 14.1. The molecule has 0 spiro atoms. The molecular weight excluding hydrogens is 276 g/mol. The average Bonchev–Trinajstić information content (AvgIpc) is 2.38. The lowest BCUT2D eigenvalue weighted by molar-refractivity contribution is 0.102. The molecule has 0 aliphatic rings. The summed E-state index contributed by atoms with van der Waals surface area (Å²) in [6, 6.07) is 15.4. The summed E-state index contributed by atoms with van der Waals surface area (Å²) in [5.41, 5.74) is 1.16. The van der Waals surface area contributed by atoms with Gasteiger partial charge in [-0.05, 0) is 24.3 Å². The monoisotopic (exact) mass is 290 g/mol. The van der Waals surface area contributed by atoms with Crippen LogP contribution in [-0.4, -0.2) is 20.6 Å². The number of amides is 1. The van der Waals surface area contributed by atoms with Gasteiger partial charge in [-0.1, -0.05) is 30.3 Å². The number of sulfonamides is 1. The minimum Gasteiger partial charge on any atom is -0.322 e. The van der Waals surface area contributed by atoms with Crippen molar-refractivity contribution in [2.45, 2.75) is 0 Å². The van der Waals surface area contributed by atoms with Crippen molar-refractivity contribution < 1.29 is 13.2 Å². The van der Waals surface area contributed by atoms with Crippen LogP contribution in [0.4, 0.5) is 11.4 Å². The van der Waals surface area contributed by atoms with E-state index in [1.54, 1.807) is 48.5 Å². The molecule has 0 radical (unpaired) electrons. The summed E-state index contributed by atoms with van der Waals surface area (Å²) in [4.78, 5) is 12.2. The molecule has 104 valence electrons. The Hall–Kier alpha value is -2.34. The predicted molar refractivity (Wildman–Crippen MR) is 79.3 cm³/mol. The standard InChI is InChI=1S/C14H14N2O3S/c1-20(18,19)16-13-10-6-5-9-12(13)14(17)15-11-7-3-2-4-8-11/h2-10,16H,1H3,(H,15,17).